The van der Waals surface area contributed by atoms with Crippen molar-refractivity contribution in [2.75, 3.05) is 65.8 Å². The van der Waals surface area contributed by atoms with Gasteiger partial charge >= 0.3 is 12.1 Å². The summed E-state index contributed by atoms with van der Waals surface area (Å²) >= 11 is 0. The van der Waals surface area contributed by atoms with E-state index in [1.807, 2.05) is 13.8 Å². The fourth-order valence-corrected chi connectivity index (χ4v) is 5.05. The lowest BCUT2D eigenvalue weighted by Crippen LogP contribution is -2.36. The van der Waals surface area contributed by atoms with Crippen LogP contribution in [0.2, 0.25) is 0 Å². The Balaban J connectivity index is 3.65. The third-order valence-corrected chi connectivity index (χ3v) is 8.50. The molecule has 0 saturated heterocycles. The van der Waals surface area contributed by atoms with E-state index in [9.17, 15) is 9.59 Å². The van der Waals surface area contributed by atoms with Crippen LogP contribution in [-0.2, 0) is 18.9 Å². The lowest BCUT2D eigenvalue weighted by molar-refractivity contribution is 0.0489. The van der Waals surface area contributed by atoms with Gasteiger partial charge in [0.1, 0.15) is 5.44 Å². The maximum Gasteiger partial charge on any atom is 0.407 e. The quantitative estimate of drug-likeness (QED) is 0.0600. The van der Waals surface area contributed by atoms with Crippen molar-refractivity contribution in [2.45, 2.75) is 83.5 Å². The maximum atomic E-state index is 11.9. The molecule has 0 saturated carbocycles. The lowest BCUT2D eigenvalue weighted by atomic mass is 10.1. The number of hydrogen-bond acceptors (Lipinski definition) is 9. The molecule has 10 nitrogen and oxygen atoms in total. The van der Waals surface area contributed by atoms with Gasteiger partial charge in [-0.3, -0.25) is 0 Å². The minimum Gasteiger partial charge on any atom is -0.450 e. The van der Waals surface area contributed by atoms with Crippen molar-refractivity contribution in [2.24, 2.45) is 0 Å². The van der Waals surface area contributed by atoms with E-state index in [4.69, 9.17) is 18.9 Å². The second kappa shape index (κ2) is 25.6. The molecule has 1 unspecified atom stereocenters. The molecule has 228 valence electrons. The number of unbranched alkanes of at least 4 members (excludes halogenated alkanes) is 1. The van der Waals surface area contributed by atoms with Crippen molar-refractivity contribution in [3.05, 3.63) is 0 Å². The average Bonchev–Trinajstić information content (AvgIpc) is 2.88. The van der Waals surface area contributed by atoms with Crippen LogP contribution in [0.25, 0.3) is 0 Å². The molecule has 0 aliphatic rings. The number of amides is 3. The van der Waals surface area contributed by atoms with Gasteiger partial charge in [-0.25, -0.2) is 9.59 Å². The Kier molecular flexibility index (Phi) is 24.7. The molecule has 0 spiro atoms. The predicted octanol–water partition coefficient (Wildman–Crippen LogP) is 4.15. The number of hydrogen-bond donors (Lipinski definition) is 4. The molecule has 0 heterocycles. The number of alkyl carbamates (subject to hydrolysis) is 1. The van der Waals surface area contributed by atoms with Crippen LogP contribution in [0.15, 0.2) is 0 Å². The molecule has 39 heavy (non-hydrogen) atoms. The second-order valence-electron chi connectivity index (χ2n) is 9.55. The van der Waals surface area contributed by atoms with E-state index in [0.717, 1.165) is 32.2 Å². The number of carbonyl (C=O) groups is 2. The summed E-state index contributed by atoms with van der Waals surface area (Å²) in [5.41, 5.74) is 0.0361. The van der Waals surface area contributed by atoms with E-state index in [1.165, 1.54) is 0 Å². The summed E-state index contributed by atoms with van der Waals surface area (Å²) < 4.78 is 22.0. The highest BCUT2D eigenvalue weighted by atomic mass is 33.1. The largest absolute Gasteiger partial charge is 0.450 e. The smallest absolute Gasteiger partial charge is 0.407 e. The molecule has 3 amide bonds. The number of rotatable bonds is 23. The summed E-state index contributed by atoms with van der Waals surface area (Å²) in [5.74, 6) is 5.78. The lowest BCUT2D eigenvalue weighted by Gasteiger charge is -2.24. The molecule has 0 aromatic carbocycles. The van der Waals surface area contributed by atoms with Gasteiger partial charge in [0, 0.05) is 43.5 Å². The summed E-state index contributed by atoms with van der Waals surface area (Å²) in [6.07, 6.45) is 2.79. The average molecular weight is 593 g/mol. The molecule has 0 bridgehead atoms. The third-order valence-electron chi connectivity index (χ3n) is 4.88. The maximum absolute atomic E-state index is 11.9. The first-order chi connectivity index (χ1) is 18.7. The van der Waals surface area contributed by atoms with Gasteiger partial charge in [0.05, 0.1) is 39.6 Å². The Bertz CT molecular complexity index is 689. The van der Waals surface area contributed by atoms with Crippen LogP contribution < -0.4 is 21.3 Å². The van der Waals surface area contributed by atoms with Gasteiger partial charge in [0.25, 0.3) is 0 Å². The van der Waals surface area contributed by atoms with Gasteiger partial charge in [0.15, 0.2) is 0 Å². The third kappa shape index (κ3) is 28.0. The van der Waals surface area contributed by atoms with Crippen LogP contribution in [0, 0.1) is 11.8 Å². The summed E-state index contributed by atoms with van der Waals surface area (Å²) in [5, 5.41) is 11.5. The van der Waals surface area contributed by atoms with Crippen molar-refractivity contribution in [1.82, 2.24) is 21.3 Å². The van der Waals surface area contributed by atoms with Crippen molar-refractivity contribution >= 4 is 33.7 Å². The van der Waals surface area contributed by atoms with Crippen molar-refractivity contribution in [3.8, 4) is 11.8 Å². The fourth-order valence-electron chi connectivity index (χ4n) is 2.73. The van der Waals surface area contributed by atoms with Gasteiger partial charge in [-0.1, -0.05) is 48.3 Å². The first kappa shape index (κ1) is 37.6. The van der Waals surface area contributed by atoms with Crippen LogP contribution in [0.4, 0.5) is 9.59 Å². The molecule has 4 N–H and O–H groups in total. The molecule has 1 atom stereocenters. The number of carbonyl (C=O) groups excluding carboxylic acids is 2. The molecule has 0 aliphatic heterocycles. The molecule has 0 rings (SSSR count). The number of ether oxygens (including phenoxy) is 4. The van der Waals surface area contributed by atoms with Gasteiger partial charge in [0.2, 0.25) is 0 Å². The summed E-state index contributed by atoms with van der Waals surface area (Å²) in [6, 6.07) is 0.263. The first-order valence-corrected chi connectivity index (χ1v) is 16.1. The van der Waals surface area contributed by atoms with E-state index in [0.29, 0.717) is 65.3 Å². The molecule has 0 fully saturated rings. The van der Waals surface area contributed by atoms with Gasteiger partial charge in [-0.15, -0.1) is 5.92 Å². The number of nitrogens with one attached hydrogen (secondary N) is 4. The van der Waals surface area contributed by atoms with E-state index in [2.05, 4.69) is 60.8 Å². The van der Waals surface area contributed by atoms with Crippen LogP contribution in [0.5, 0.6) is 0 Å². The molecule has 0 aromatic rings. The van der Waals surface area contributed by atoms with Crippen LogP contribution in [0.3, 0.4) is 0 Å². The summed E-state index contributed by atoms with van der Waals surface area (Å²) in [4.78, 5) is 23.5. The molecule has 0 aliphatic carbocycles. The standard InChI is InChI=1S/C27H52N4O6S2/c1-7-8-9-13-29-25(32)30-14-10-11-17-36-24(4)38-39-27(5,6)12-18-37-26(33)31-16-20-35-22-21-34-19-15-28-23(2)3/h23-24,28H,7,10-22H2,1-6H3,(H,31,33)(H2,29,30,32). The molecule has 0 radical (unpaired) electrons. The molecule has 12 heteroatoms. The van der Waals surface area contributed by atoms with E-state index in [-0.39, 0.29) is 16.2 Å². The Hall–Kier alpha value is -1.36. The zero-order chi connectivity index (χ0) is 29.2. The highest BCUT2D eigenvalue weighted by Crippen LogP contribution is 2.40. The highest BCUT2D eigenvalue weighted by molar-refractivity contribution is 8.77. The van der Waals surface area contributed by atoms with E-state index >= 15 is 0 Å². The van der Waals surface area contributed by atoms with Gasteiger partial charge < -0.3 is 40.2 Å². The van der Waals surface area contributed by atoms with Crippen LogP contribution in [-0.4, -0.2) is 94.2 Å². The second-order valence-corrected chi connectivity index (χ2v) is 12.8. The Morgan fingerprint density at radius 3 is 2.26 bits per heavy atom. The van der Waals surface area contributed by atoms with E-state index < -0.39 is 6.09 Å². The fraction of sp³-hybridized carbons (Fsp3) is 0.852. The topological polar surface area (TPSA) is 119 Å². The van der Waals surface area contributed by atoms with E-state index in [1.54, 1.807) is 21.6 Å². The van der Waals surface area contributed by atoms with Crippen LogP contribution >= 0.6 is 21.6 Å². The zero-order valence-corrected chi connectivity index (χ0v) is 26.5. The zero-order valence-electron chi connectivity index (χ0n) is 24.8. The van der Waals surface area contributed by atoms with Crippen molar-refractivity contribution < 1.29 is 28.5 Å². The van der Waals surface area contributed by atoms with Crippen molar-refractivity contribution in [3.63, 3.8) is 0 Å². The first-order valence-electron chi connectivity index (χ1n) is 13.9. The Morgan fingerprint density at radius 2 is 1.56 bits per heavy atom. The SMILES string of the molecule is CCC#CCNC(=O)NCCCCOC(C)SSC(C)(C)CCOC(=O)NCCOCCOCCNC(C)C. The molecular weight excluding hydrogens is 540 g/mol. The molecule has 0 aromatic heterocycles. The minimum atomic E-state index is -0.433. The van der Waals surface area contributed by atoms with Gasteiger partial charge in [-0.2, -0.15) is 0 Å². The Labute approximate surface area is 244 Å². The normalized spacial score (nSPS) is 12.0. The van der Waals surface area contributed by atoms with Crippen LogP contribution in [0.1, 0.15) is 67.2 Å². The molecular formula is C27H52N4O6S2. The predicted molar refractivity (Wildman–Crippen MR) is 162 cm³/mol. The van der Waals surface area contributed by atoms with Gasteiger partial charge in [-0.05, 0) is 40.0 Å². The minimum absolute atomic E-state index is 0.0361. The number of urea groups is 1. The monoisotopic (exact) mass is 592 g/mol. The summed E-state index contributed by atoms with van der Waals surface area (Å²) in [6.45, 7) is 17.7. The summed E-state index contributed by atoms with van der Waals surface area (Å²) in [7, 11) is 3.39. The highest BCUT2D eigenvalue weighted by Gasteiger charge is 2.21. The van der Waals surface area contributed by atoms with Crippen molar-refractivity contribution in [1.29, 1.82) is 0 Å². The Morgan fingerprint density at radius 1 is 0.846 bits per heavy atom.